The molecule has 0 aliphatic rings. The first-order chi connectivity index (χ1) is 30.7. The van der Waals surface area contributed by atoms with Crippen LogP contribution in [0.4, 0.5) is 11.4 Å². The van der Waals surface area contributed by atoms with Crippen LogP contribution in [0.25, 0.3) is 0 Å². The van der Waals surface area contributed by atoms with Crippen LogP contribution in [-0.4, -0.2) is 11.4 Å². The number of aliphatic imine (C=N–C) groups is 2. The van der Waals surface area contributed by atoms with Gasteiger partial charge < -0.3 is 0 Å². The Labute approximate surface area is 406 Å². The van der Waals surface area contributed by atoms with Gasteiger partial charge >= 0.3 is 0 Å². The first-order valence-electron chi connectivity index (χ1n) is 27.0. The van der Waals surface area contributed by atoms with Gasteiger partial charge in [-0.25, -0.2) is 0 Å². The van der Waals surface area contributed by atoms with Gasteiger partial charge in [0.15, 0.2) is 0 Å². The minimum Gasteiger partial charge on any atom is -0.251 e. The molecule has 2 nitrogen and oxygen atoms in total. The summed E-state index contributed by atoms with van der Waals surface area (Å²) in [5.74, 6) is 14.0. The van der Waals surface area contributed by atoms with Gasteiger partial charge in [-0.3, -0.25) is 9.98 Å². The van der Waals surface area contributed by atoms with Crippen LogP contribution in [0.15, 0.2) is 58.5 Å². The van der Waals surface area contributed by atoms with E-state index in [4.69, 9.17) is 9.98 Å². The Morgan fingerprint density at radius 2 is 0.619 bits per heavy atom. The van der Waals surface area contributed by atoms with Crippen molar-refractivity contribution in [1.29, 1.82) is 0 Å². The Hall–Kier alpha value is -2.44. The third-order valence-electron chi connectivity index (χ3n) is 12.5. The maximum absolute atomic E-state index is 5.52. The molecule has 0 aliphatic heterocycles. The quantitative estimate of drug-likeness (QED) is 0.0276. The molecule has 3 heteroatoms. The predicted octanol–water partition coefficient (Wildman–Crippen LogP) is 19.7. The van der Waals surface area contributed by atoms with E-state index in [1.165, 1.54) is 196 Å². The summed E-state index contributed by atoms with van der Waals surface area (Å²) in [6, 6.07) is 17.6. The molecule has 0 unspecified atom stereocenters. The van der Waals surface area contributed by atoms with E-state index in [1.54, 1.807) is 0 Å². The van der Waals surface area contributed by atoms with Crippen molar-refractivity contribution in [3.8, 4) is 23.7 Å². The van der Waals surface area contributed by atoms with Crippen molar-refractivity contribution in [2.45, 2.75) is 272 Å². The molecule has 0 spiro atoms. The molecule has 2 aromatic rings. The monoisotopic (exact) mass is 951 g/mol. The molecule has 0 heterocycles. The summed E-state index contributed by atoms with van der Waals surface area (Å²) >= 11 is 0. The molecule has 0 radical (unpaired) electrons. The Balaban J connectivity index is 0.0000198. The molecule has 0 atom stereocenters. The van der Waals surface area contributed by atoms with Crippen molar-refractivity contribution < 1.29 is 20.4 Å². The van der Waals surface area contributed by atoms with Crippen molar-refractivity contribution in [2.24, 2.45) is 9.98 Å². The van der Waals surface area contributed by atoms with Gasteiger partial charge in [0, 0.05) is 46.1 Å². The second-order valence-electron chi connectivity index (χ2n) is 18.3. The van der Waals surface area contributed by atoms with E-state index in [2.05, 4.69) is 99.9 Å². The molecule has 0 aliphatic carbocycles. The topological polar surface area (TPSA) is 24.7 Å². The van der Waals surface area contributed by atoms with E-state index < -0.39 is 0 Å². The fourth-order valence-corrected chi connectivity index (χ4v) is 8.40. The minimum atomic E-state index is 0. The molecule has 2 aromatic carbocycles. The van der Waals surface area contributed by atoms with Crippen LogP contribution in [0.1, 0.15) is 270 Å². The van der Waals surface area contributed by atoms with Crippen LogP contribution in [-0.2, 0) is 33.3 Å². The number of aryl methyl sites for hydroxylation is 2. The van der Waals surface area contributed by atoms with Crippen LogP contribution in [0, 0.1) is 23.7 Å². The SMILES string of the molecule is CCCCCCCCCCCCCC#CCCc1ccccc1N=C(CCCC)C(CCCCCCCC)=Nc1ccccc1CCC#CCCCCCCCCCCCCC.[Pd]. The molecule has 0 saturated heterocycles. The zero-order valence-electron chi connectivity index (χ0n) is 41.7. The van der Waals surface area contributed by atoms with E-state index in [1.807, 2.05) is 0 Å². The number of nitrogens with zero attached hydrogens (tertiary/aromatic N) is 2. The zero-order chi connectivity index (χ0) is 44.2. The molecule has 0 aromatic heterocycles. The summed E-state index contributed by atoms with van der Waals surface area (Å²) in [5.41, 5.74) is 7.17. The van der Waals surface area contributed by atoms with E-state index in [-0.39, 0.29) is 20.4 Å². The van der Waals surface area contributed by atoms with Gasteiger partial charge in [-0.1, -0.05) is 231 Å². The summed E-state index contributed by atoms with van der Waals surface area (Å²) in [7, 11) is 0. The molecule has 0 bridgehead atoms. The van der Waals surface area contributed by atoms with Gasteiger partial charge in [-0.05, 0) is 74.6 Å². The van der Waals surface area contributed by atoms with Gasteiger partial charge in [0.25, 0.3) is 0 Å². The number of unbranched alkanes of at least 4 members (excludes halogenated alkanes) is 28. The summed E-state index contributed by atoms with van der Waals surface area (Å²) < 4.78 is 0. The second-order valence-corrected chi connectivity index (χ2v) is 18.3. The van der Waals surface area contributed by atoms with E-state index in [0.29, 0.717) is 0 Å². The Kier molecular flexibility index (Phi) is 41.6. The van der Waals surface area contributed by atoms with Crippen molar-refractivity contribution in [3.63, 3.8) is 0 Å². The Morgan fingerprint density at radius 1 is 0.333 bits per heavy atom. The van der Waals surface area contributed by atoms with E-state index in [9.17, 15) is 0 Å². The fraction of sp³-hybridized carbons (Fsp3) is 0.700. The maximum atomic E-state index is 5.52. The van der Waals surface area contributed by atoms with E-state index in [0.717, 1.165) is 82.0 Å². The maximum Gasteiger partial charge on any atom is 0.0666 e. The molecule has 0 amide bonds. The molecule has 0 saturated carbocycles. The summed E-state index contributed by atoms with van der Waals surface area (Å²) in [6.45, 7) is 9.19. The number of para-hydroxylation sites is 2. The number of hydrogen-bond acceptors (Lipinski definition) is 2. The Bertz CT molecular complexity index is 1530. The molecule has 63 heavy (non-hydrogen) atoms. The standard InChI is InChI=1S/C60H96N2.Pd/c1-5-9-13-16-19-21-23-25-27-29-31-33-35-37-40-47-55-49-43-45-52-57(55)61-59(51-12-8-4)60(54-42-39-18-15-11-7-3)62-58-53-46-44-50-56(58)48-41-38-36-34-32-30-28-26-24-22-20-17-14-10-6-2;/h43-46,49-50,52-53H,5-34,39-42,47-48,51,54H2,1-4H3;. The van der Waals surface area contributed by atoms with Gasteiger partial charge in [-0.2, -0.15) is 0 Å². The fourth-order valence-electron chi connectivity index (χ4n) is 8.40. The first kappa shape index (κ1) is 58.6. The van der Waals surface area contributed by atoms with Crippen LogP contribution in [0.3, 0.4) is 0 Å². The minimum absolute atomic E-state index is 0. The summed E-state index contributed by atoms with van der Waals surface area (Å²) in [4.78, 5) is 11.0. The molecule has 0 N–H and O–H groups in total. The van der Waals surface area contributed by atoms with Crippen molar-refractivity contribution in [3.05, 3.63) is 59.7 Å². The van der Waals surface area contributed by atoms with Crippen LogP contribution < -0.4 is 0 Å². The largest absolute Gasteiger partial charge is 0.251 e. The van der Waals surface area contributed by atoms with Crippen LogP contribution >= 0.6 is 0 Å². The smallest absolute Gasteiger partial charge is 0.0666 e. The average Bonchev–Trinajstić information content (AvgIpc) is 3.29. The second kappa shape index (κ2) is 44.8. The normalized spacial score (nSPS) is 11.5. The zero-order valence-corrected chi connectivity index (χ0v) is 43.3. The van der Waals surface area contributed by atoms with Gasteiger partial charge in [-0.15, -0.1) is 23.7 Å². The van der Waals surface area contributed by atoms with E-state index >= 15 is 0 Å². The first-order valence-corrected chi connectivity index (χ1v) is 27.0. The van der Waals surface area contributed by atoms with Crippen molar-refractivity contribution in [1.82, 2.24) is 0 Å². The number of benzene rings is 2. The van der Waals surface area contributed by atoms with Gasteiger partial charge in [0.1, 0.15) is 0 Å². The van der Waals surface area contributed by atoms with Gasteiger partial charge in [0.05, 0.1) is 22.8 Å². The van der Waals surface area contributed by atoms with Crippen molar-refractivity contribution in [2.75, 3.05) is 0 Å². The van der Waals surface area contributed by atoms with Crippen LogP contribution in [0.5, 0.6) is 0 Å². The third-order valence-corrected chi connectivity index (χ3v) is 12.5. The predicted molar refractivity (Wildman–Crippen MR) is 279 cm³/mol. The van der Waals surface area contributed by atoms with Crippen molar-refractivity contribution >= 4 is 22.8 Å². The molecule has 0 fully saturated rings. The Morgan fingerprint density at radius 3 is 0.984 bits per heavy atom. The van der Waals surface area contributed by atoms with Gasteiger partial charge in [0.2, 0.25) is 0 Å². The molecule has 2 rings (SSSR count). The molecular formula is C60H96N2Pd. The molecular weight excluding hydrogens is 855 g/mol. The molecule has 356 valence electrons. The van der Waals surface area contributed by atoms with Crippen LogP contribution in [0.2, 0.25) is 0 Å². The number of hydrogen-bond donors (Lipinski definition) is 0. The summed E-state index contributed by atoms with van der Waals surface area (Å²) in [6.07, 6.45) is 48.0. The average molecular weight is 952 g/mol. The number of rotatable bonds is 39. The third kappa shape index (κ3) is 32.8. The summed E-state index contributed by atoms with van der Waals surface area (Å²) in [5, 5.41) is 0.